The molecule has 17 heavy (non-hydrogen) atoms. The fourth-order valence-corrected chi connectivity index (χ4v) is 2.00. The molecular formula is C11H17N3O2S. The first-order chi connectivity index (χ1) is 7.99. The van der Waals surface area contributed by atoms with Gasteiger partial charge in [-0.1, -0.05) is 6.92 Å². The average molecular weight is 255 g/mol. The fourth-order valence-electron chi connectivity index (χ4n) is 1.37. The summed E-state index contributed by atoms with van der Waals surface area (Å²) >= 11 is 1.29. The SMILES string of the molecule is CCC(C)NC(=O)c1c(SC)nc(=O)[nH]c1C. The lowest BCUT2D eigenvalue weighted by Crippen LogP contribution is -2.34. The Morgan fingerprint density at radius 1 is 1.59 bits per heavy atom. The summed E-state index contributed by atoms with van der Waals surface area (Å²) in [6, 6.07) is 0.100. The first-order valence-corrected chi connectivity index (χ1v) is 6.67. The van der Waals surface area contributed by atoms with Crippen LogP contribution in [0.15, 0.2) is 9.82 Å². The minimum Gasteiger partial charge on any atom is -0.349 e. The number of amides is 1. The molecule has 1 aromatic heterocycles. The summed E-state index contributed by atoms with van der Waals surface area (Å²) < 4.78 is 0. The highest BCUT2D eigenvalue weighted by Gasteiger charge is 2.17. The molecule has 0 radical (unpaired) electrons. The Hall–Kier alpha value is -1.30. The number of rotatable bonds is 4. The van der Waals surface area contributed by atoms with Crippen LogP contribution in [0.25, 0.3) is 0 Å². The Morgan fingerprint density at radius 2 is 2.24 bits per heavy atom. The van der Waals surface area contributed by atoms with Crippen molar-refractivity contribution in [2.24, 2.45) is 0 Å². The van der Waals surface area contributed by atoms with Gasteiger partial charge in [-0.3, -0.25) is 4.79 Å². The summed E-state index contributed by atoms with van der Waals surface area (Å²) in [4.78, 5) is 29.6. The number of aromatic amines is 1. The van der Waals surface area contributed by atoms with Gasteiger partial charge in [0.05, 0.1) is 5.56 Å². The number of aryl methyl sites for hydroxylation is 1. The molecule has 5 nitrogen and oxygen atoms in total. The molecule has 0 aromatic carbocycles. The number of carbonyl (C=O) groups excluding carboxylic acids is 1. The fraction of sp³-hybridized carbons (Fsp3) is 0.545. The molecule has 0 aliphatic heterocycles. The molecule has 2 N–H and O–H groups in total. The maximum atomic E-state index is 12.0. The summed E-state index contributed by atoms with van der Waals surface area (Å²) in [6.45, 7) is 5.64. The van der Waals surface area contributed by atoms with E-state index in [1.165, 1.54) is 11.8 Å². The molecule has 1 aromatic rings. The molecule has 6 heteroatoms. The summed E-state index contributed by atoms with van der Waals surface area (Å²) in [5, 5.41) is 3.33. The first-order valence-electron chi connectivity index (χ1n) is 5.45. The van der Waals surface area contributed by atoms with Crippen molar-refractivity contribution in [3.05, 3.63) is 21.7 Å². The lowest BCUT2D eigenvalue weighted by Gasteiger charge is -2.14. The number of nitrogens with zero attached hydrogens (tertiary/aromatic N) is 1. The molecule has 0 bridgehead atoms. The van der Waals surface area contributed by atoms with Crippen LogP contribution in [0.1, 0.15) is 36.3 Å². The van der Waals surface area contributed by atoms with Crippen molar-refractivity contribution < 1.29 is 4.79 Å². The molecule has 0 aliphatic carbocycles. The van der Waals surface area contributed by atoms with Gasteiger partial charge in [-0.15, -0.1) is 11.8 Å². The lowest BCUT2D eigenvalue weighted by atomic mass is 10.2. The van der Waals surface area contributed by atoms with Crippen molar-refractivity contribution in [3.8, 4) is 0 Å². The van der Waals surface area contributed by atoms with Crippen LogP contribution in [0.3, 0.4) is 0 Å². The van der Waals surface area contributed by atoms with Crippen molar-refractivity contribution >= 4 is 17.7 Å². The smallest absolute Gasteiger partial charge is 0.346 e. The second-order valence-corrected chi connectivity index (χ2v) is 4.63. The zero-order valence-corrected chi connectivity index (χ0v) is 11.3. The van der Waals surface area contributed by atoms with Gasteiger partial charge in [-0.05, 0) is 26.5 Å². The molecule has 94 valence electrons. The van der Waals surface area contributed by atoms with Crippen LogP contribution in [0.5, 0.6) is 0 Å². The van der Waals surface area contributed by atoms with Crippen LogP contribution in [-0.2, 0) is 0 Å². The summed E-state index contributed by atoms with van der Waals surface area (Å²) in [7, 11) is 0. The number of H-pyrrole nitrogens is 1. The van der Waals surface area contributed by atoms with Crippen molar-refractivity contribution in [2.75, 3.05) is 6.26 Å². The van der Waals surface area contributed by atoms with Gasteiger partial charge in [0.25, 0.3) is 5.91 Å². The average Bonchev–Trinajstić information content (AvgIpc) is 2.27. The van der Waals surface area contributed by atoms with Crippen LogP contribution < -0.4 is 11.0 Å². The highest BCUT2D eigenvalue weighted by Crippen LogP contribution is 2.18. The van der Waals surface area contributed by atoms with E-state index in [9.17, 15) is 9.59 Å². The van der Waals surface area contributed by atoms with Gasteiger partial charge < -0.3 is 10.3 Å². The third-order valence-corrected chi connectivity index (χ3v) is 3.18. The number of hydrogen-bond donors (Lipinski definition) is 2. The first kappa shape index (κ1) is 13.8. The van der Waals surface area contributed by atoms with E-state index in [1.807, 2.05) is 13.8 Å². The van der Waals surface area contributed by atoms with Crippen LogP contribution in [-0.4, -0.2) is 28.2 Å². The van der Waals surface area contributed by atoms with Gasteiger partial charge >= 0.3 is 5.69 Å². The van der Waals surface area contributed by atoms with Gasteiger partial charge in [0.2, 0.25) is 0 Å². The molecule has 1 unspecified atom stereocenters. The third kappa shape index (κ3) is 3.33. The molecular weight excluding hydrogens is 238 g/mol. The Kier molecular flexibility index (Phi) is 4.74. The Morgan fingerprint density at radius 3 is 2.76 bits per heavy atom. The van der Waals surface area contributed by atoms with Crippen molar-refractivity contribution in [1.29, 1.82) is 0 Å². The molecule has 0 aliphatic rings. The zero-order chi connectivity index (χ0) is 13.0. The minimum absolute atomic E-state index is 0.100. The topological polar surface area (TPSA) is 74.8 Å². The second kappa shape index (κ2) is 5.86. The van der Waals surface area contributed by atoms with E-state index in [1.54, 1.807) is 13.2 Å². The van der Waals surface area contributed by atoms with Crippen LogP contribution >= 0.6 is 11.8 Å². The standard InChI is InChI=1S/C11H17N3O2S/c1-5-6(2)12-9(15)8-7(3)13-11(16)14-10(8)17-4/h6H,5H2,1-4H3,(H,12,15)(H,13,14,16). The monoisotopic (exact) mass is 255 g/mol. The minimum atomic E-state index is -0.424. The van der Waals surface area contributed by atoms with E-state index in [0.29, 0.717) is 16.3 Å². The maximum absolute atomic E-state index is 12.0. The van der Waals surface area contributed by atoms with Crippen molar-refractivity contribution in [2.45, 2.75) is 38.3 Å². The number of aromatic nitrogens is 2. The van der Waals surface area contributed by atoms with Gasteiger partial charge in [-0.2, -0.15) is 4.98 Å². The molecule has 1 rings (SSSR count). The quantitative estimate of drug-likeness (QED) is 0.628. The lowest BCUT2D eigenvalue weighted by molar-refractivity contribution is 0.0934. The molecule has 1 amide bonds. The predicted molar refractivity (Wildman–Crippen MR) is 68.6 cm³/mol. The van der Waals surface area contributed by atoms with Crippen molar-refractivity contribution in [1.82, 2.24) is 15.3 Å². The predicted octanol–water partition coefficient (Wildman–Crippen LogP) is 1.33. The van der Waals surface area contributed by atoms with E-state index in [4.69, 9.17) is 0 Å². The Bertz CT molecular complexity index is 470. The molecule has 0 saturated heterocycles. The molecule has 0 spiro atoms. The van der Waals surface area contributed by atoms with Gasteiger partial charge in [-0.25, -0.2) is 4.79 Å². The van der Waals surface area contributed by atoms with E-state index < -0.39 is 5.69 Å². The Balaban J connectivity index is 3.12. The van der Waals surface area contributed by atoms with Gasteiger partial charge in [0, 0.05) is 11.7 Å². The van der Waals surface area contributed by atoms with E-state index in [2.05, 4.69) is 15.3 Å². The highest BCUT2D eigenvalue weighted by molar-refractivity contribution is 7.98. The second-order valence-electron chi connectivity index (χ2n) is 3.83. The maximum Gasteiger partial charge on any atom is 0.346 e. The third-order valence-electron chi connectivity index (χ3n) is 2.50. The van der Waals surface area contributed by atoms with Crippen LogP contribution in [0, 0.1) is 6.92 Å². The summed E-state index contributed by atoms with van der Waals surface area (Å²) in [6.07, 6.45) is 2.65. The van der Waals surface area contributed by atoms with E-state index in [-0.39, 0.29) is 11.9 Å². The zero-order valence-electron chi connectivity index (χ0n) is 10.5. The summed E-state index contributed by atoms with van der Waals surface area (Å²) in [5.74, 6) is -0.190. The summed E-state index contributed by atoms with van der Waals surface area (Å²) in [5.41, 5.74) is 0.583. The van der Waals surface area contributed by atoms with Crippen LogP contribution in [0.2, 0.25) is 0 Å². The van der Waals surface area contributed by atoms with Gasteiger partial charge in [0.1, 0.15) is 5.03 Å². The molecule has 1 atom stereocenters. The number of carbonyl (C=O) groups is 1. The number of hydrogen-bond acceptors (Lipinski definition) is 4. The van der Waals surface area contributed by atoms with Crippen LogP contribution in [0.4, 0.5) is 0 Å². The van der Waals surface area contributed by atoms with E-state index in [0.717, 1.165) is 6.42 Å². The molecule has 1 heterocycles. The number of thioether (sulfide) groups is 1. The highest BCUT2D eigenvalue weighted by atomic mass is 32.2. The Labute approximate surface area is 104 Å². The largest absolute Gasteiger partial charge is 0.349 e. The van der Waals surface area contributed by atoms with E-state index >= 15 is 0 Å². The molecule has 0 saturated carbocycles. The number of nitrogens with one attached hydrogen (secondary N) is 2. The molecule has 0 fully saturated rings. The van der Waals surface area contributed by atoms with Crippen molar-refractivity contribution in [3.63, 3.8) is 0 Å². The van der Waals surface area contributed by atoms with Gasteiger partial charge in [0.15, 0.2) is 0 Å². The normalized spacial score (nSPS) is 12.2.